The van der Waals surface area contributed by atoms with Crippen LogP contribution in [-0.4, -0.2) is 17.0 Å². The van der Waals surface area contributed by atoms with Crippen molar-refractivity contribution in [3.63, 3.8) is 0 Å². The predicted octanol–water partition coefficient (Wildman–Crippen LogP) is 0.279. The van der Waals surface area contributed by atoms with Gasteiger partial charge in [-0.15, -0.1) is 12.3 Å². The minimum Gasteiger partial charge on any atom is -0.369 e. The molecule has 2 unspecified atom stereocenters. The molecule has 5 heteroatoms. The van der Waals surface area contributed by atoms with Gasteiger partial charge in [0.15, 0.2) is 0 Å². The highest BCUT2D eigenvalue weighted by atomic mass is 16.5. The molecule has 5 nitrogen and oxygen atoms in total. The monoisotopic (exact) mass is 226 g/mol. The van der Waals surface area contributed by atoms with Gasteiger partial charge in [-0.2, -0.15) is 0 Å². The quantitative estimate of drug-likeness (QED) is 0.345. The topological polar surface area (TPSA) is 92.4 Å². The fourth-order valence-electron chi connectivity index (χ4n) is 1.61. The SMILES string of the molecule is C#CCC(C(=O)NO)C(CC(C)C)C(N)=O. The van der Waals surface area contributed by atoms with Gasteiger partial charge in [0, 0.05) is 6.42 Å². The first-order chi connectivity index (χ1) is 7.43. The first-order valence-electron chi connectivity index (χ1n) is 5.10. The highest BCUT2D eigenvalue weighted by Gasteiger charge is 2.32. The fourth-order valence-corrected chi connectivity index (χ4v) is 1.61. The summed E-state index contributed by atoms with van der Waals surface area (Å²) in [6.07, 6.45) is 5.67. The van der Waals surface area contributed by atoms with Crippen LogP contribution in [0.5, 0.6) is 0 Å². The molecule has 0 aliphatic rings. The Bertz CT molecular complexity index is 294. The van der Waals surface area contributed by atoms with E-state index in [1.165, 1.54) is 5.48 Å². The summed E-state index contributed by atoms with van der Waals surface area (Å²) >= 11 is 0. The van der Waals surface area contributed by atoms with Gasteiger partial charge < -0.3 is 5.73 Å². The lowest BCUT2D eigenvalue weighted by atomic mass is 9.82. The van der Waals surface area contributed by atoms with Gasteiger partial charge in [0.1, 0.15) is 0 Å². The van der Waals surface area contributed by atoms with E-state index in [9.17, 15) is 9.59 Å². The molecule has 0 heterocycles. The van der Waals surface area contributed by atoms with E-state index in [1.54, 1.807) is 0 Å². The molecule has 0 bridgehead atoms. The van der Waals surface area contributed by atoms with Gasteiger partial charge in [-0.1, -0.05) is 13.8 Å². The Morgan fingerprint density at radius 3 is 2.31 bits per heavy atom. The number of carbonyl (C=O) groups excluding carboxylic acids is 2. The molecule has 0 spiro atoms. The van der Waals surface area contributed by atoms with Crippen molar-refractivity contribution in [1.29, 1.82) is 0 Å². The molecule has 2 atom stereocenters. The van der Waals surface area contributed by atoms with Gasteiger partial charge in [0.25, 0.3) is 0 Å². The molecule has 0 saturated heterocycles. The fraction of sp³-hybridized carbons (Fsp3) is 0.636. The van der Waals surface area contributed by atoms with Crippen LogP contribution in [0.25, 0.3) is 0 Å². The van der Waals surface area contributed by atoms with Gasteiger partial charge in [-0.25, -0.2) is 5.48 Å². The number of carbonyl (C=O) groups is 2. The van der Waals surface area contributed by atoms with E-state index in [2.05, 4.69) is 5.92 Å². The van der Waals surface area contributed by atoms with Crippen LogP contribution in [0.1, 0.15) is 26.7 Å². The van der Waals surface area contributed by atoms with Crippen LogP contribution < -0.4 is 11.2 Å². The Morgan fingerprint density at radius 2 is 2.00 bits per heavy atom. The van der Waals surface area contributed by atoms with Gasteiger partial charge in [0.05, 0.1) is 11.8 Å². The summed E-state index contributed by atoms with van der Waals surface area (Å²) in [6, 6.07) is 0. The maximum atomic E-state index is 11.4. The van der Waals surface area contributed by atoms with Crippen molar-refractivity contribution in [2.24, 2.45) is 23.5 Å². The summed E-state index contributed by atoms with van der Waals surface area (Å²) in [7, 11) is 0. The Hall–Kier alpha value is -1.54. The van der Waals surface area contributed by atoms with Crippen molar-refractivity contribution in [1.82, 2.24) is 5.48 Å². The second-order valence-corrected chi connectivity index (χ2v) is 4.13. The summed E-state index contributed by atoms with van der Waals surface area (Å²) in [5.74, 6) is -0.130. The number of hydrogen-bond acceptors (Lipinski definition) is 3. The molecule has 4 N–H and O–H groups in total. The molecule has 0 rings (SSSR count). The summed E-state index contributed by atoms with van der Waals surface area (Å²) in [4.78, 5) is 22.6. The highest BCUT2D eigenvalue weighted by Crippen LogP contribution is 2.23. The molecule has 0 fully saturated rings. The molecular weight excluding hydrogens is 208 g/mol. The lowest BCUT2D eigenvalue weighted by molar-refractivity contribution is -0.139. The number of nitrogens with one attached hydrogen (secondary N) is 1. The highest BCUT2D eigenvalue weighted by molar-refractivity contribution is 5.86. The molecule has 0 aromatic heterocycles. The van der Waals surface area contributed by atoms with Gasteiger partial charge >= 0.3 is 0 Å². The average molecular weight is 226 g/mol. The van der Waals surface area contributed by atoms with Crippen LogP contribution in [0.4, 0.5) is 0 Å². The third-order valence-corrected chi connectivity index (χ3v) is 2.36. The molecule has 0 saturated carbocycles. The number of primary amides is 1. The van der Waals surface area contributed by atoms with E-state index in [-0.39, 0.29) is 12.3 Å². The van der Waals surface area contributed by atoms with Crippen LogP contribution in [0.2, 0.25) is 0 Å². The largest absolute Gasteiger partial charge is 0.369 e. The molecule has 0 aliphatic heterocycles. The number of hydrogen-bond donors (Lipinski definition) is 3. The Kier molecular flexibility index (Phi) is 6.19. The normalized spacial score (nSPS) is 13.9. The van der Waals surface area contributed by atoms with E-state index < -0.39 is 23.7 Å². The molecule has 16 heavy (non-hydrogen) atoms. The molecule has 0 radical (unpaired) electrons. The first kappa shape index (κ1) is 14.5. The van der Waals surface area contributed by atoms with Crippen LogP contribution in [0, 0.1) is 30.1 Å². The zero-order valence-corrected chi connectivity index (χ0v) is 9.56. The summed E-state index contributed by atoms with van der Waals surface area (Å²) in [6.45, 7) is 3.83. The molecule has 0 aromatic rings. The lowest BCUT2D eigenvalue weighted by Gasteiger charge is -2.22. The molecule has 2 amide bonds. The second-order valence-electron chi connectivity index (χ2n) is 4.13. The van der Waals surface area contributed by atoms with Crippen molar-refractivity contribution in [3.8, 4) is 12.3 Å². The third kappa shape index (κ3) is 4.32. The van der Waals surface area contributed by atoms with Crippen molar-refractivity contribution in [2.75, 3.05) is 0 Å². The van der Waals surface area contributed by atoms with E-state index in [4.69, 9.17) is 17.4 Å². The third-order valence-electron chi connectivity index (χ3n) is 2.36. The van der Waals surface area contributed by atoms with Gasteiger partial charge in [-0.3, -0.25) is 14.8 Å². The minimum atomic E-state index is -0.769. The second kappa shape index (κ2) is 6.85. The Morgan fingerprint density at radius 1 is 1.44 bits per heavy atom. The van der Waals surface area contributed by atoms with Crippen molar-refractivity contribution in [3.05, 3.63) is 0 Å². The van der Waals surface area contributed by atoms with Gasteiger partial charge in [0.2, 0.25) is 11.8 Å². The summed E-state index contributed by atoms with van der Waals surface area (Å²) < 4.78 is 0. The van der Waals surface area contributed by atoms with E-state index in [1.807, 2.05) is 13.8 Å². The smallest absolute Gasteiger partial charge is 0.248 e. The molecule has 0 aromatic carbocycles. The zero-order valence-electron chi connectivity index (χ0n) is 9.56. The number of terminal acetylenes is 1. The van der Waals surface area contributed by atoms with Crippen LogP contribution >= 0.6 is 0 Å². The minimum absolute atomic E-state index is 0.0761. The van der Waals surface area contributed by atoms with Gasteiger partial charge in [-0.05, 0) is 12.3 Å². The van der Waals surface area contributed by atoms with E-state index in [0.717, 1.165) is 0 Å². The molecular formula is C11H18N2O3. The lowest BCUT2D eigenvalue weighted by Crippen LogP contribution is -2.39. The number of rotatable bonds is 6. The zero-order chi connectivity index (χ0) is 12.7. The predicted molar refractivity (Wildman–Crippen MR) is 59.0 cm³/mol. The van der Waals surface area contributed by atoms with E-state index >= 15 is 0 Å². The average Bonchev–Trinajstić information content (AvgIpc) is 2.21. The number of amides is 2. The number of nitrogens with two attached hydrogens (primary N) is 1. The molecule has 90 valence electrons. The van der Waals surface area contributed by atoms with E-state index in [0.29, 0.717) is 6.42 Å². The van der Waals surface area contributed by atoms with Crippen molar-refractivity contribution >= 4 is 11.8 Å². The molecule has 0 aliphatic carbocycles. The summed E-state index contributed by atoms with van der Waals surface area (Å²) in [5, 5.41) is 8.58. The maximum Gasteiger partial charge on any atom is 0.248 e. The van der Waals surface area contributed by atoms with Crippen LogP contribution in [0.15, 0.2) is 0 Å². The maximum absolute atomic E-state index is 11.4. The summed E-state index contributed by atoms with van der Waals surface area (Å²) in [5.41, 5.74) is 6.76. The Balaban J connectivity index is 4.87. The van der Waals surface area contributed by atoms with Crippen molar-refractivity contribution in [2.45, 2.75) is 26.7 Å². The number of hydroxylamine groups is 1. The van der Waals surface area contributed by atoms with Crippen LogP contribution in [0.3, 0.4) is 0 Å². The first-order valence-corrected chi connectivity index (χ1v) is 5.10. The standard InChI is InChI=1S/C11H18N2O3/c1-4-5-8(11(15)13-16)9(10(12)14)6-7(2)3/h1,7-9,16H,5-6H2,2-3H3,(H2,12,14)(H,13,15). The Labute approximate surface area is 95.3 Å². The van der Waals surface area contributed by atoms with Crippen LogP contribution in [-0.2, 0) is 9.59 Å². The van der Waals surface area contributed by atoms with Crippen molar-refractivity contribution < 1.29 is 14.8 Å².